The third-order valence-electron chi connectivity index (χ3n) is 3.19. The van der Waals surface area contributed by atoms with Gasteiger partial charge in [-0.15, -0.1) is 0 Å². The van der Waals surface area contributed by atoms with Crippen LogP contribution >= 0.6 is 0 Å². The number of hydrogen-bond acceptors (Lipinski definition) is 3. The molecule has 0 aromatic heterocycles. The van der Waals surface area contributed by atoms with Crippen molar-refractivity contribution in [2.24, 2.45) is 0 Å². The van der Waals surface area contributed by atoms with E-state index in [1.165, 1.54) is 0 Å². The zero-order valence-electron chi connectivity index (χ0n) is 10.7. The summed E-state index contributed by atoms with van der Waals surface area (Å²) in [7, 11) is 0. The Labute approximate surface area is 112 Å². The number of nitrogens with one attached hydrogen (secondary N) is 2. The van der Waals surface area contributed by atoms with Gasteiger partial charge in [0.2, 0.25) is 0 Å². The summed E-state index contributed by atoms with van der Waals surface area (Å²) in [5, 5.41) is 14.6. The number of carbonyl (C=O) groups excluding carboxylic acids is 1. The largest absolute Gasteiger partial charge is 0.481 e. The van der Waals surface area contributed by atoms with Crippen LogP contribution in [0.4, 0.5) is 5.69 Å². The van der Waals surface area contributed by atoms with Gasteiger partial charge in [0.1, 0.15) is 0 Å². The molecule has 0 saturated carbocycles. The summed E-state index contributed by atoms with van der Waals surface area (Å²) in [6.45, 7) is 1.33. The Morgan fingerprint density at radius 1 is 1.37 bits per heavy atom. The van der Waals surface area contributed by atoms with Crippen LogP contribution in [0.1, 0.15) is 35.2 Å². The Bertz CT molecular complexity index is 486. The number of anilines is 1. The van der Waals surface area contributed by atoms with Gasteiger partial charge in [0.25, 0.3) is 5.91 Å². The first-order valence-corrected chi connectivity index (χ1v) is 6.54. The Kier molecular flexibility index (Phi) is 4.39. The molecule has 1 amide bonds. The zero-order chi connectivity index (χ0) is 13.7. The first kappa shape index (κ1) is 13.4. The molecule has 0 unspecified atom stereocenters. The van der Waals surface area contributed by atoms with Gasteiger partial charge in [-0.05, 0) is 37.0 Å². The van der Waals surface area contributed by atoms with E-state index in [0.717, 1.165) is 30.6 Å². The fraction of sp³-hybridized carbons (Fsp3) is 0.429. The number of fused-ring (bicyclic) bond motifs is 1. The molecule has 1 heterocycles. The van der Waals surface area contributed by atoms with Crippen molar-refractivity contribution in [2.75, 3.05) is 18.4 Å². The number of hydrogen-bond donors (Lipinski definition) is 3. The van der Waals surface area contributed by atoms with E-state index in [1.54, 1.807) is 0 Å². The SMILES string of the molecule is O=C(O)CCCNC(=O)c1cccc2c1CCCN2. The predicted octanol–water partition coefficient (Wildman–Crippen LogP) is 1.64. The lowest BCUT2D eigenvalue weighted by Crippen LogP contribution is -2.27. The van der Waals surface area contributed by atoms with E-state index in [1.807, 2.05) is 18.2 Å². The van der Waals surface area contributed by atoms with Gasteiger partial charge in [-0.25, -0.2) is 0 Å². The molecule has 19 heavy (non-hydrogen) atoms. The molecule has 0 atom stereocenters. The van der Waals surface area contributed by atoms with Crippen molar-refractivity contribution in [3.63, 3.8) is 0 Å². The number of carbonyl (C=O) groups is 2. The van der Waals surface area contributed by atoms with Crippen LogP contribution in [0, 0.1) is 0 Å². The summed E-state index contributed by atoms with van der Waals surface area (Å²) in [5.74, 6) is -0.957. The number of rotatable bonds is 5. The van der Waals surface area contributed by atoms with E-state index in [0.29, 0.717) is 18.5 Å². The van der Waals surface area contributed by atoms with Crippen LogP contribution in [0.15, 0.2) is 18.2 Å². The second-order valence-electron chi connectivity index (χ2n) is 4.62. The quantitative estimate of drug-likeness (QED) is 0.705. The molecule has 5 nitrogen and oxygen atoms in total. The minimum atomic E-state index is -0.837. The molecule has 0 saturated heterocycles. The molecule has 0 bridgehead atoms. The molecule has 1 aromatic rings. The van der Waals surface area contributed by atoms with Crippen LogP contribution in [-0.4, -0.2) is 30.1 Å². The number of aliphatic carboxylic acids is 1. The fourth-order valence-corrected chi connectivity index (χ4v) is 2.26. The van der Waals surface area contributed by atoms with Crippen molar-refractivity contribution in [1.82, 2.24) is 5.32 Å². The maximum atomic E-state index is 12.1. The van der Waals surface area contributed by atoms with Crippen LogP contribution in [0.5, 0.6) is 0 Å². The molecule has 3 N–H and O–H groups in total. The highest BCUT2D eigenvalue weighted by molar-refractivity contribution is 5.97. The summed E-state index contributed by atoms with van der Waals surface area (Å²) < 4.78 is 0. The van der Waals surface area contributed by atoms with Gasteiger partial charge in [0, 0.05) is 30.8 Å². The molecule has 1 aliphatic rings. The van der Waals surface area contributed by atoms with Crippen molar-refractivity contribution in [3.8, 4) is 0 Å². The van der Waals surface area contributed by atoms with Gasteiger partial charge >= 0.3 is 5.97 Å². The van der Waals surface area contributed by atoms with Gasteiger partial charge < -0.3 is 15.7 Å². The number of carboxylic acids is 1. The monoisotopic (exact) mass is 262 g/mol. The summed E-state index contributed by atoms with van der Waals surface area (Å²) >= 11 is 0. The molecule has 0 radical (unpaired) electrons. The smallest absolute Gasteiger partial charge is 0.303 e. The lowest BCUT2D eigenvalue weighted by Gasteiger charge is -2.20. The molecule has 0 spiro atoms. The van der Waals surface area contributed by atoms with E-state index in [4.69, 9.17) is 5.11 Å². The highest BCUT2D eigenvalue weighted by Crippen LogP contribution is 2.25. The van der Waals surface area contributed by atoms with Gasteiger partial charge in [0.05, 0.1) is 0 Å². The van der Waals surface area contributed by atoms with E-state index < -0.39 is 5.97 Å². The maximum absolute atomic E-state index is 12.1. The molecule has 5 heteroatoms. The van der Waals surface area contributed by atoms with Crippen molar-refractivity contribution in [1.29, 1.82) is 0 Å². The first-order valence-electron chi connectivity index (χ1n) is 6.54. The van der Waals surface area contributed by atoms with Crippen LogP contribution in [0.3, 0.4) is 0 Å². The molecular formula is C14H18N2O3. The Hall–Kier alpha value is -2.04. The third-order valence-corrected chi connectivity index (χ3v) is 3.19. The van der Waals surface area contributed by atoms with E-state index in [9.17, 15) is 9.59 Å². The molecule has 102 valence electrons. The first-order chi connectivity index (χ1) is 9.18. The topological polar surface area (TPSA) is 78.4 Å². The fourth-order valence-electron chi connectivity index (χ4n) is 2.26. The third kappa shape index (κ3) is 3.47. The molecule has 2 rings (SSSR count). The molecular weight excluding hydrogens is 244 g/mol. The second-order valence-corrected chi connectivity index (χ2v) is 4.62. The summed E-state index contributed by atoms with van der Waals surface area (Å²) in [5.41, 5.74) is 2.79. The van der Waals surface area contributed by atoms with E-state index >= 15 is 0 Å². The minimum absolute atomic E-state index is 0.0781. The zero-order valence-corrected chi connectivity index (χ0v) is 10.7. The summed E-state index contributed by atoms with van der Waals surface area (Å²) in [6.07, 6.45) is 2.46. The van der Waals surface area contributed by atoms with Crippen LogP contribution < -0.4 is 10.6 Å². The normalized spacial score (nSPS) is 13.3. The highest BCUT2D eigenvalue weighted by Gasteiger charge is 2.16. The molecule has 1 aliphatic heterocycles. The highest BCUT2D eigenvalue weighted by atomic mass is 16.4. The molecule has 0 fully saturated rings. The standard InChI is InChI=1S/C14H18N2O3/c17-13(18)7-3-9-16-14(19)11-4-1-6-12-10(11)5-2-8-15-12/h1,4,6,15H,2-3,5,7-9H2,(H,16,19)(H,17,18). The van der Waals surface area contributed by atoms with Crippen LogP contribution in [0.25, 0.3) is 0 Å². The Morgan fingerprint density at radius 2 is 2.21 bits per heavy atom. The van der Waals surface area contributed by atoms with Crippen molar-refractivity contribution in [2.45, 2.75) is 25.7 Å². The lowest BCUT2D eigenvalue weighted by atomic mass is 9.97. The predicted molar refractivity (Wildman–Crippen MR) is 72.5 cm³/mol. The average Bonchev–Trinajstić information content (AvgIpc) is 2.42. The van der Waals surface area contributed by atoms with Gasteiger partial charge in [-0.3, -0.25) is 9.59 Å². The van der Waals surface area contributed by atoms with Crippen LogP contribution in [0.2, 0.25) is 0 Å². The van der Waals surface area contributed by atoms with Gasteiger partial charge in [0.15, 0.2) is 0 Å². The lowest BCUT2D eigenvalue weighted by molar-refractivity contribution is -0.137. The number of carboxylic acid groups (broad SMARTS) is 1. The summed E-state index contributed by atoms with van der Waals surface area (Å²) in [4.78, 5) is 22.5. The Balaban J connectivity index is 1.97. The van der Waals surface area contributed by atoms with Crippen LogP contribution in [-0.2, 0) is 11.2 Å². The maximum Gasteiger partial charge on any atom is 0.303 e. The Morgan fingerprint density at radius 3 is 3.00 bits per heavy atom. The van der Waals surface area contributed by atoms with E-state index in [-0.39, 0.29) is 12.3 Å². The van der Waals surface area contributed by atoms with Crippen molar-refractivity contribution >= 4 is 17.6 Å². The van der Waals surface area contributed by atoms with E-state index in [2.05, 4.69) is 10.6 Å². The van der Waals surface area contributed by atoms with Crippen molar-refractivity contribution in [3.05, 3.63) is 29.3 Å². The average molecular weight is 262 g/mol. The van der Waals surface area contributed by atoms with Gasteiger partial charge in [-0.2, -0.15) is 0 Å². The summed E-state index contributed by atoms with van der Waals surface area (Å²) in [6, 6.07) is 5.66. The number of amides is 1. The van der Waals surface area contributed by atoms with Crippen molar-refractivity contribution < 1.29 is 14.7 Å². The second kappa shape index (κ2) is 6.22. The minimum Gasteiger partial charge on any atom is -0.481 e. The molecule has 1 aromatic carbocycles. The molecule has 0 aliphatic carbocycles. The number of benzene rings is 1. The van der Waals surface area contributed by atoms with Gasteiger partial charge in [-0.1, -0.05) is 6.07 Å².